The molecule has 2 rings (SSSR count). The lowest BCUT2D eigenvalue weighted by Crippen LogP contribution is -1.94. The minimum atomic E-state index is -0.988. The van der Waals surface area contributed by atoms with Gasteiger partial charge in [0.25, 0.3) is 0 Å². The molecular formula is C13H8N2O2. The molecule has 1 aromatic heterocycles. The topological polar surface area (TPSA) is 76.9 Å². The van der Waals surface area contributed by atoms with Gasteiger partial charge in [0.2, 0.25) is 0 Å². The molecule has 0 aliphatic heterocycles. The van der Waals surface area contributed by atoms with Gasteiger partial charge in [-0.15, -0.1) is 0 Å². The third-order valence-electron chi connectivity index (χ3n) is 2.25. The molecule has 1 aromatic carbocycles. The van der Waals surface area contributed by atoms with E-state index < -0.39 is 5.97 Å². The monoisotopic (exact) mass is 224 g/mol. The van der Waals surface area contributed by atoms with Crippen LogP contribution in [0.2, 0.25) is 0 Å². The first-order valence-electron chi connectivity index (χ1n) is 4.92. The molecule has 0 bridgehead atoms. The van der Waals surface area contributed by atoms with E-state index in [1.165, 1.54) is 0 Å². The molecule has 2 aromatic rings. The highest BCUT2D eigenvalue weighted by Crippen LogP contribution is 2.16. The summed E-state index contributed by atoms with van der Waals surface area (Å²) in [7, 11) is 0. The Bertz CT molecular complexity index is 681. The van der Waals surface area contributed by atoms with Crippen molar-refractivity contribution in [3.8, 4) is 17.9 Å². The van der Waals surface area contributed by atoms with Gasteiger partial charge in [-0.05, 0) is 24.3 Å². The largest absolute Gasteiger partial charge is 0.477 e. The molecule has 4 heteroatoms. The van der Waals surface area contributed by atoms with E-state index in [-0.39, 0.29) is 12.1 Å². The van der Waals surface area contributed by atoms with Gasteiger partial charge in [-0.2, -0.15) is 5.26 Å². The molecule has 4 nitrogen and oxygen atoms in total. The predicted molar refractivity (Wildman–Crippen MR) is 62.4 cm³/mol. The first-order valence-corrected chi connectivity index (χ1v) is 4.92. The Hall–Kier alpha value is -2.72. The van der Waals surface area contributed by atoms with Crippen LogP contribution in [0.3, 0.4) is 0 Å². The number of nitriles is 1. The van der Waals surface area contributed by atoms with Crippen LogP contribution < -0.4 is 0 Å². The number of carbonyl (C=O) groups is 1. The highest BCUT2D eigenvalue weighted by atomic mass is 16.4. The molecule has 0 spiro atoms. The third-order valence-corrected chi connectivity index (χ3v) is 2.25. The van der Waals surface area contributed by atoms with Crippen LogP contribution in [0.4, 0.5) is 0 Å². The predicted octanol–water partition coefficient (Wildman–Crippen LogP) is 2.13. The van der Waals surface area contributed by atoms with E-state index in [2.05, 4.69) is 16.8 Å². The number of aromatic carboxylic acids is 1. The molecule has 0 amide bonds. The van der Waals surface area contributed by atoms with Gasteiger partial charge in [0.05, 0.1) is 12.5 Å². The summed E-state index contributed by atoms with van der Waals surface area (Å²) in [6, 6.07) is 8.86. The highest BCUT2D eigenvalue weighted by Gasteiger charge is 2.06. The zero-order valence-electron chi connectivity index (χ0n) is 8.82. The summed E-state index contributed by atoms with van der Waals surface area (Å²) in [4.78, 5) is 13.6. The Balaban J connectivity index is 2.42. The van der Waals surface area contributed by atoms with Gasteiger partial charge in [0.15, 0.2) is 0 Å². The highest BCUT2D eigenvalue weighted by molar-refractivity contribution is 5.94. The van der Waals surface area contributed by atoms with Gasteiger partial charge >= 0.3 is 5.97 Å². The van der Waals surface area contributed by atoms with E-state index >= 15 is 0 Å². The lowest BCUT2D eigenvalue weighted by Gasteiger charge is -1.90. The van der Waals surface area contributed by atoms with Crippen LogP contribution in [0.5, 0.6) is 0 Å². The number of aromatic nitrogens is 1. The number of fused-ring (bicyclic) bond motifs is 1. The summed E-state index contributed by atoms with van der Waals surface area (Å²) in [6.45, 7) is 0. The number of H-pyrrole nitrogens is 1. The Morgan fingerprint density at radius 1 is 1.41 bits per heavy atom. The van der Waals surface area contributed by atoms with Crippen LogP contribution >= 0.6 is 0 Å². The number of benzene rings is 1. The second kappa shape index (κ2) is 4.42. The second-order valence-corrected chi connectivity index (χ2v) is 3.43. The van der Waals surface area contributed by atoms with E-state index in [9.17, 15) is 4.79 Å². The summed E-state index contributed by atoms with van der Waals surface area (Å²) in [5.41, 5.74) is 1.68. The molecule has 0 saturated heterocycles. The van der Waals surface area contributed by atoms with Crippen molar-refractivity contribution >= 4 is 16.9 Å². The number of carboxylic acids is 1. The molecule has 2 N–H and O–H groups in total. The van der Waals surface area contributed by atoms with Gasteiger partial charge in [-0.3, -0.25) is 0 Å². The normalized spacial score (nSPS) is 9.35. The van der Waals surface area contributed by atoms with E-state index in [0.29, 0.717) is 0 Å². The third kappa shape index (κ3) is 2.27. The zero-order chi connectivity index (χ0) is 12.3. The van der Waals surface area contributed by atoms with Crippen molar-refractivity contribution in [1.29, 1.82) is 5.26 Å². The average Bonchev–Trinajstić information content (AvgIpc) is 2.72. The quantitative estimate of drug-likeness (QED) is 0.728. The van der Waals surface area contributed by atoms with Crippen molar-refractivity contribution < 1.29 is 9.90 Å². The molecule has 1 heterocycles. The van der Waals surface area contributed by atoms with Gasteiger partial charge in [-0.25, -0.2) is 4.79 Å². The SMILES string of the molecule is N#CCC#Cc1ccc2[nH]c(C(=O)O)cc2c1. The van der Waals surface area contributed by atoms with Crippen LogP contribution in [-0.4, -0.2) is 16.1 Å². The maximum atomic E-state index is 10.8. The number of rotatable bonds is 1. The average molecular weight is 224 g/mol. The first-order chi connectivity index (χ1) is 8.20. The lowest BCUT2D eigenvalue weighted by molar-refractivity contribution is 0.0691. The molecular weight excluding hydrogens is 216 g/mol. The fourth-order valence-corrected chi connectivity index (χ4v) is 1.51. The zero-order valence-corrected chi connectivity index (χ0v) is 8.82. The Morgan fingerprint density at radius 3 is 2.94 bits per heavy atom. The van der Waals surface area contributed by atoms with Crippen LogP contribution in [0.1, 0.15) is 22.5 Å². The standard InChI is InChI=1S/C13H8N2O2/c14-6-2-1-3-9-4-5-11-10(7-9)8-12(15-11)13(16)17/h4-5,7-8,15H,2H2,(H,16,17). The number of carboxylic acid groups (broad SMARTS) is 1. The number of nitrogens with one attached hydrogen (secondary N) is 1. The molecule has 82 valence electrons. The van der Waals surface area contributed by atoms with Gasteiger partial charge in [0.1, 0.15) is 5.69 Å². The van der Waals surface area contributed by atoms with Crippen molar-refractivity contribution in [3.05, 3.63) is 35.5 Å². The van der Waals surface area contributed by atoms with Crippen LogP contribution in [0.25, 0.3) is 10.9 Å². The second-order valence-electron chi connectivity index (χ2n) is 3.43. The van der Waals surface area contributed by atoms with Crippen molar-refractivity contribution in [2.45, 2.75) is 6.42 Å². The van der Waals surface area contributed by atoms with E-state index in [1.54, 1.807) is 24.3 Å². The van der Waals surface area contributed by atoms with E-state index in [4.69, 9.17) is 10.4 Å². The molecule has 17 heavy (non-hydrogen) atoms. The van der Waals surface area contributed by atoms with Gasteiger partial charge < -0.3 is 10.1 Å². The van der Waals surface area contributed by atoms with Crippen LogP contribution in [0, 0.1) is 23.2 Å². The minimum Gasteiger partial charge on any atom is -0.477 e. The molecule has 0 saturated carbocycles. The van der Waals surface area contributed by atoms with Crippen molar-refractivity contribution in [3.63, 3.8) is 0 Å². The molecule has 0 fully saturated rings. The van der Waals surface area contributed by atoms with Gasteiger partial charge in [0, 0.05) is 16.5 Å². The first kappa shape index (κ1) is 10.8. The van der Waals surface area contributed by atoms with Crippen molar-refractivity contribution in [1.82, 2.24) is 4.98 Å². The van der Waals surface area contributed by atoms with Crippen LogP contribution in [-0.2, 0) is 0 Å². The number of hydrogen-bond donors (Lipinski definition) is 2. The molecule has 0 aliphatic rings. The summed E-state index contributed by atoms with van der Waals surface area (Å²) < 4.78 is 0. The van der Waals surface area contributed by atoms with E-state index in [0.717, 1.165) is 16.5 Å². The summed E-state index contributed by atoms with van der Waals surface area (Å²) in [5.74, 6) is 4.56. The number of aromatic amines is 1. The fraction of sp³-hybridized carbons (Fsp3) is 0.0769. The Labute approximate surface area is 97.5 Å². The summed E-state index contributed by atoms with van der Waals surface area (Å²) >= 11 is 0. The molecule has 0 radical (unpaired) electrons. The summed E-state index contributed by atoms with van der Waals surface area (Å²) in [5, 5.41) is 18.0. The molecule has 0 unspecified atom stereocenters. The van der Waals surface area contributed by atoms with Crippen LogP contribution in [0.15, 0.2) is 24.3 Å². The van der Waals surface area contributed by atoms with Gasteiger partial charge in [-0.1, -0.05) is 11.8 Å². The lowest BCUT2D eigenvalue weighted by atomic mass is 10.1. The smallest absolute Gasteiger partial charge is 0.352 e. The maximum absolute atomic E-state index is 10.8. The number of hydrogen-bond acceptors (Lipinski definition) is 2. The van der Waals surface area contributed by atoms with Crippen molar-refractivity contribution in [2.75, 3.05) is 0 Å². The van der Waals surface area contributed by atoms with Crippen molar-refractivity contribution in [2.24, 2.45) is 0 Å². The Morgan fingerprint density at radius 2 is 2.24 bits per heavy atom. The Kier molecular flexibility index (Phi) is 2.81. The molecule has 0 aliphatic carbocycles. The molecule has 0 atom stereocenters. The summed E-state index contributed by atoms with van der Waals surface area (Å²) in [6.07, 6.45) is 0.186. The van der Waals surface area contributed by atoms with E-state index in [1.807, 2.05) is 6.07 Å². The number of nitrogens with zero attached hydrogens (tertiary/aromatic N) is 1. The fourth-order valence-electron chi connectivity index (χ4n) is 1.51. The maximum Gasteiger partial charge on any atom is 0.352 e. The minimum absolute atomic E-state index is 0.155.